The van der Waals surface area contributed by atoms with Crippen LogP contribution in [0.1, 0.15) is 6.92 Å². The summed E-state index contributed by atoms with van der Waals surface area (Å²) in [7, 11) is 0. The highest BCUT2D eigenvalue weighted by atomic mass is 16.5. The van der Waals surface area contributed by atoms with Crippen molar-refractivity contribution < 1.29 is 9.47 Å². The lowest BCUT2D eigenvalue weighted by molar-refractivity contribution is 0.0986. The van der Waals surface area contributed by atoms with Crippen LogP contribution in [-0.4, -0.2) is 77.0 Å². The predicted molar refractivity (Wildman–Crippen MR) is 120 cm³/mol. The van der Waals surface area contributed by atoms with Crippen LogP contribution in [0.15, 0.2) is 30.5 Å². The number of benzene rings is 1. The number of nitrogens with zero attached hydrogens (tertiary/aromatic N) is 5. The molecule has 1 atom stereocenters. The van der Waals surface area contributed by atoms with Gasteiger partial charge in [0.05, 0.1) is 32.5 Å². The Morgan fingerprint density at radius 3 is 2.74 bits per heavy atom. The van der Waals surface area contributed by atoms with Crippen LogP contribution in [0.4, 0.5) is 11.8 Å². The molecule has 9 nitrogen and oxygen atoms in total. The minimum absolute atomic E-state index is 0.222. The third-order valence-corrected chi connectivity index (χ3v) is 6.08. The van der Waals surface area contributed by atoms with E-state index in [9.17, 15) is 0 Å². The molecule has 2 N–H and O–H groups in total. The normalized spacial score (nSPS) is 20.1. The summed E-state index contributed by atoms with van der Waals surface area (Å²) in [6, 6.07) is 8.58. The molecule has 0 bridgehead atoms. The number of imidazole rings is 1. The van der Waals surface area contributed by atoms with Gasteiger partial charge in [-0.3, -0.25) is 0 Å². The van der Waals surface area contributed by atoms with Gasteiger partial charge in [0.25, 0.3) is 0 Å². The average molecular weight is 419 g/mol. The molecular weight excluding hydrogens is 394 g/mol. The van der Waals surface area contributed by atoms with Crippen LogP contribution in [-0.2, 0) is 9.47 Å². The Morgan fingerprint density at radius 2 is 1.87 bits per heavy atom. The Morgan fingerprint density at radius 1 is 1.00 bits per heavy atom. The molecule has 0 aliphatic carbocycles. The number of rotatable bonds is 3. The van der Waals surface area contributed by atoms with Gasteiger partial charge in [-0.15, -0.1) is 0 Å². The Kier molecular flexibility index (Phi) is 4.50. The minimum Gasteiger partial charge on any atom is -0.378 e. The van der Waals surface area contributed by atoms with E-state index in [1.165, 1.54) is 5.39 Å². The molecule has 2 fully saturated rings. The Bertz CT molecular complexity index is 1230. The maximum absolute atomic E-state index is 5.66. The lowest BCUT2D eigenvalue weighted by Crippen LogP contribution is -2.44. The number of hydrogen-bond acceptors (Lipinski definition) is 7. The van der Waals surface area contributed by atoms with E-state index in [4.69, 9.17) is 24.4 Å². The smallest absolute Gasteiger partial charge is 0.229 e. The molecule has 0 amide bonds. The molecule has 4 aromatic rings. The van der Waals surface area contributed by atoms with Crippen molar-refractivity contribution in [2.45, 2.75) is 13.0 Å². The van der Waals surface area contributed by atoms with E-state index in [1.54, 1.807) is 0 Å². The quantitative estimate of drug-likeness (QED) is 0.527. The lowest BCUT2D eigenvalue weighted by Gasteiger charge is -2.35. The number of ether oxygens (including phenoxy) is 2. The molecule has 160 valence electrons. The van der Waals surface area contributed by atoms with Crippen molar-refractivity contribution >= 4 is 33.8 Å². The van der Waals surface area contributed by atoms with E-state index in [2.05, 4.69) is 51.0 Å². The molecule has 1 unspecified atom stereocenters. The summed E-state index contributed by atoms with van der Waals surface area (Å²) >= 11 is 0. The van der Waals surface area contributed by atoms with Crippen molar-refractivity contribution in [2.24, 2.45) is 0 Å². The second-order valence-corrected chi connectivity index (χ2v) is 8.13. The lowest BCUT2D eigenvalue weighted by atomic mass is 10.1. The Balaban J connectivity index is 1.49. The fourth-order valence-corrected chi connectivity index (χ4v) is 4.35. The van der Waals surface area contributed by atoms with Gasteiger partial charge in [0.1, 0.15) is 5.82 Å². The molecule has 1 aromatic carbocycles. The summed E-state index contributed by atoms with van der Waals surface area (Å²) in [5.41, 5.74) is 3.65. The summed E-state index contributed by atoms with van der Waals surface area (Å²) < 4.78 is 11.2. The van der Waals surface area contributed by atoms with Crippen molar-refractivity contribution in [3.63, 3.8) is 0 Å². The number of morpholine rings is 2. The topological polar surface area (TPSA) is 95.2 Å². The number of hydrogen-bond donors (Lipinski definition) is 2. The third-order valence-electron chi connectivity index (χ3n) is 6.08. The zero-order valence-corrected chi connectivity index (χ0v) is 17.5. The predicted octanol–water partition coefficient (Wildman–Crippen LogP) is 2.56. The molecule has 9 heteroatoms. The highest BCUT2D eigenvalue weighted by molar-refractivity contribution is 5.89. The van der Waals surface area contributed by atoms with E-state index >= 15 is 0 Å². The maximum atomic E-state index is 5.66. The maximum Gasteiger partial charge on any atom is 0.229 e. The van der Waals surface area contributed by atoms with E-state index in [0.29, 0.717) is 26.4 Å². The van der Waals surface area contributed by atoms with Gasteiger partial charge in [-0.1, -0.05) is 12.1 Å². The summed E-state index contributed by atoms with van der Waals surface area (Å²) in [4.78, 5) is 26.0. The van der Waals surface area contributed by atoms with Gasteiger partial charge in [0.2, 0.25) is 5.95 Å². The number of fused-ring (bicyclic) bond motifs is 2. The van der Waals surface area contributed by atoms with Gasteiger partial charge < -0.3 is 29.2 Å². The minimum atomic E-state index is 0.222. The SMILES string of the molecule is CC1COCCN1c1nc(N2CCOCC2)nc2[nH]c(-c3ccc4cc[nH]c4c3)nc12. The molecule has 2 saturated heterocycles. The van der Waals surface area contributed by atoms with Gasteiger partial charge >= 0.3 is 0 Å². The van der Waals surface area contributed by atoms with Gasteiger partial charge in [-0.05, 0) is 24.4 Å². The fourth-order valence-electron chi connectivity index (χ4n) is 4.35. The fraction of sp³-hybridized carbons (Fsp3) is 0.409. The van der Waals surface area contributed by atoms with Crippen molar-refractivity contribution in [3.8, 4) is 11.4 Å². The molecule has 5 heterocycles. The first kappa shape index (κ1) is 18.6. The van der Waals surface area contributed by atoms with Crippen LogP contribution < -0.4 is 9.80 Å². The summed E-state index contributed by atoms with van der Waals surface area (Å²) in [6.07, 6.45) is 1.95. The van der Waals surface area contributed by atoms with Gasteiger partial charge in [-0.25, -0.2) is 4.98 Å². The second-order valence-electron chi connectivity index (χ2n) is 8.13. The third kappa shape index (κ3) is 3.30. The highest BCUT2D eigenvalue weighted by Crippen LogP contribution is 2.31. The first-order chi connectivity index (χ1) is 15.3. The van der Waals surface area contributed by atoms with Crippen LogP contribution in [0, 0.1) is 0 Å². The van der Waals surface area contributed by atoms with Crippen LogP contribution in [0.25, 0.3) is 33.5 Å². The second kappa shape index (κ2) is 7.51. The number of aromatic amines is 2. The van der Waals surface area contributed by atoms with E-state index in [1.807, 2.05) is 6.20 Å². The molecule has 2 aliphatic heterocycles. The van der Waals surface area contributed by atoms with Crippen LogP contribution in [0.5, 0.6) is 0 Å². The number of aromatic nitrogens is 5. The molecular formula is C22H25N7O2. The number of nitrogens with one attached hydrogen (secondary N) is 2. The average Bonchev–Trinajstić information content (AvgIpc) is 3.46. The van der Waals surface area contributed by atoms with E-state index in [-0.39, 0.29) is 6.04 Å². The zero-order chi connectivity index (χ0) is 20.8. The number of H-pyrrole nitrogens is 2. The molecule has 6 rings (SSSR count). The number of anilines is 2. The molecule has 31 heavy (non-hydrogen) atoms. The molecule has 0 radical (unpaired) electrons. The zero-order valence-electron chi connectivity index (χ0n) is 17.5. The largest absolute Gasteiger partial charge is 0.378 e. The highest BCUT2D eigenvalue weighted by Gasteiger charge is 2.27. The van der Waals surface area contributed by atoms with Gasteiger partial charge in [0, 0.05) is 36.9 Å². The standard InChI is InChI=1S/C22H25N7O2/c1-14-13-31-11-8-29(14)21-18-20(26-22(27-21)28-6-9-30-10-7-28)25-19(24-18)16-3-2-15-4-5-23-17(15)12-16/h2-5,12,14,23H,6-11,13H2,1H3,(H,24,25,26,27). The van der Waals surface area contributed by atoms with Crippen molar-refractivity contribution in [1.82, 2.24) is 24.9 Å². The molecule has 0 spiro atoms. The molecule has 2 aliphatic rings. The summed E-state index contributed by atoms with van der Waals surface area (Å²) in [5, 5.41) is 1.18. The summed E-state index contributed by atoms with van der Waals surface area (Å²) in [5.74, 6) is 2.38. The molecule has 3 aromatic heterocycles. The van der Waals surface area contributed by atoms with E-state index < -0.39 is 0 Å². The van der Waals surface area contributed by atoms with Gasteiger partial charge in [0.15, 0.2) is 17.0 Å². The Hall–Kier alpha value is -3.17. The van der Waals surface area contributed by atoms with E-state index in [0.717, 1.165) is 59.5 Å². The molecule has 0 saturated carbocycles. The monoisotopic (exact) mass is 419 g/mol. The summed E-state index contributed by atoms with van der Waals surface area (Å²) in [6.45, 7) is 7.26. The first-order valence-electron chi connectivity index (χ1n) is 10.8. The van der Waals surface area contributed by atoms with Crippen LogP contribution >= 0.6 is 0 Å². The first-order valence-corrected chi connectivity index (χ1v) is 10.8. The van der Waals surface area contributed by atoms with Crippen molar-refractivity contribution in [1.29, 1.82) is 0 Å². The van der Waals surface area contributed by atoms with Gasteiger partial charge in [-0.2, -0.15) is 9.97 Å². The van der Waals surface area contributed by atoms with Crippen LogP contribution in [0.3, 0.4) is 0 Å². The van der Waals surface area contributed by atoms with Crippen molar-refractivity contribution in [3.05, 3.63) is 30.5 Å². The Labute approximate surface area is 179 Å². The van der Waals surface area contributed by atoms with Crippen molar-refractivity contribution in [2.75, 3.05) is 55.9 Å². The van der Waals surface area contributed by atoms with Crippen LogP contribution in [0.2, 0.25) is 0 Å².